The van der Waals surface area contributed by atoms with Crippen LogP contribution in [-0.4, -0.2) is 16.8 Å². The predicted molar refractivity (Wildman–Crippen MR) is 80.1 cm³/mol. The molecule has 1 unspecified atom stereocenters. The first-order valence-corrected chi connectivity index (χ1v) is 7.98. The molecule has 1 fully saturated rings. The summed E-state index contributed by atoms with van der Waals surface area (Å²) in [6.07, 6.45) is 12.3. The second-order valence-electron chi connectivity index (χ2n) is 5.99. The molecular weight excluding hydrogens is 234 g/mol. The average Bonchev–Trinajstić information content (AvgIpc) is 2.89. The summed E-state index contributed by atoms with van der Waals surface area (Å²) in [5, 5.41) is 8.00. The van der Waals surface area contributed by atoms with Crippen molar-refractivity contribution in [1.29, 1.82) is 0 Å². The Hall–Kier alpha value is -0.830. The highest BCUT2D eigenvalue weighted by atomic mass is 15.3. The van der Waals surface area contributed by atoms with Crippen molar-refractivity contribution in [2.45, 2.75) is 65.0 Å². The molecule has 1 aliphatic carbocycles. The van der Waals surface area contributed by atoms with Gasteiger partial charge in [-0.15, -0.1) is 0 Å². The predicted octanol–water partition coefficient (Wildman–Crippen LogP) is 3.77. The molecule has 0 radical (unpaired) electrons. The van der Waals surface area contributed by atoms with Crippen LogP contribution in [0.25, 0.3) is 0 Å². The van der Waals surface area contributed by atoms with Gasteiger partial charge in [0.2, 0.25) is 0 Å². The van der Waals surface area contributed by atoms with E-state index >= 15 is 0 Å². The van der Waals surface area contributed by atoms with Crippen LogP contribution in [0.15, 0.2) is 12.4 Å². The third kappa shape index (κ3) is 3.59. The first-order chi connectivity index (χ1) is 9.28. The number of hydrogen-bond acceptors (Lipinski definition) is 2. The Morgan fingerprint density at radius 2 is 2.05 bits per heavy atom. The quantitative estimate of drug-likeness (QED) is 0.846. The highest BCUT2D eigenvalue weighted by Gasteiger charge is 2.27. The van der Waals surface area contributed by atoms with E-state index in [2.05, 4.69) is 48.4 Å². The van der Waals surface area contributed by atoms with Gasteiger partial charge >= 0.3 is 0 Å². The van der Waals surface area contributed by atoms with Gasteiger partial charge in [-0.2, -0.15) is 5.10 Å². The Morgan fingerprint density at radius 1 is 1.32 bits per heavy atom. The van der Waals surface area contributed by atoms with E-state index in [0.29, 0.717) is 6.04 Å². The lowest BCUT2D eigenvalue weighted by molar-refractivity contribution is 0.224. The molecule has 0 saturated heterocycles. The Balaban J connectivity index is 1.99. The van der Waals surface area contributed by atoms with Crippen LogP contribution in [0.3, 0.4) is 0 Å². The molecular formula is C16H29N3. The van der Waals surface area contributed by atoms with Crippen LogP contribution < -0.4 is 5.32 Å². The molecule has 3 heteroatoms. The zero-order valence-electron chi connectivity index (χ0n) is 12.7. The monoisotopic (exact) mass is 263 g/mol. The van der Waals surface area contributed by atoms with Gasteiger partial charge in [-0.25, -0.2) is 0 Å². The molecule has 1 atom stereocenters. The van der Waals surface area contributed by atoms with Crippen LogP contribution in [0.4, 0.5) is 0 Å². The van der Waals surface area contributed by atoms with E-state index in [1.54, 1.807) is 0 Å². The van der Waals surface area contributed by atoms with Gasteiger partial charge in [0.05, 0.1) is 6.20 Å². The standard InChI is InChI=1S/C16H29N3/c1-4-10-19-12-15(11-18-19)16(17-3)14-8-6-13(5-2)7-9-14/h11-14,16-17H,4-10H2,1-3H3. The smallest absolute Gasteiger partial charge is 0.0537 e. The molecule has 1 aromatic rings. The normalized spacial score (nSPS) is 25.4. The van der Waals surface area contributed by atoms with E-state index in [-0.39, 0.29) is 0 Å². The summed E-state index contributed by atoms with van der Waals surface area (Å²) >= 11 is 0. The third-order valence-electron chi connectivity index (χ3n) is 4.72. The van der Waals surface area contributed by atoms with Gasteiger partial charge in [-0.3, -0.25) is 4.68 Å². The maximum atomic E-state index is 4.48. The highest BCUT2D eigenvalue weighted by Crippen LogP contribution is 2.37. The van der Waals surface area contributed by atoms with Gasteiger partial charge in [-0.05, 0) is 38.1 Å². The van der Waals surface area contributed by atoms with Crippen molar-refractivity contribution in [3.8, 4) is 0 Å². The minimum absolute atomic E-state index is 0.489. The zero-order chi connectivity index (χ0) is 13.7. The molecule has 19 heavy (non-hydrogen) atoms. The maximum absolute atomic E-state index is 4.48. The van der Waals surface area contributed by atoms with Gasteiger partial charge in [0.25, 0.3) is 0 Å². The summed E-state index contributed by atoms with van der Waals surface area (Å²) in [6, 6.07) is 0.489. The Morgan fingerprint density at radius 3 is 2.63 bits per heavy atom. The summed E-state index contributed by atoms with van der Waals surface area (Å²) in [4.78, 5) is 0. The minimum atomic E-state index is 0.489. The second-order valence-corrected chi connectivity index (χ2v) is 5.99. The first-order valence-electron chi connectivity index (χ1n) is 7.98. The molecule has 0 aromatic carbocycles. The summed E-state index contributed by atoms with van der Waals surface area (Å²) in [5.74, 6) is 1.75. The summed E-state index contributed by atoms with van der Waals surface area (Å²) in [7, 11) is 2.09. The molecule has 0 aliphatic heterocycles. The van der Waals surface area contributed by atoms with Gasteiger partial charge in [-0.1, -0.05) is 33.1 Å². The van der Waals surface area contributed by atoms with E-state index in [1.165, 1.54) is 37.7 Å². The summed E-state index contributed by atoms with van der Waals surface area (Å²) < 4.78 is 2.08. The van der Waals surface area contributed by atoms with E-state index in [9.17, 15) is 0 Å². The maximum Gasteiger partial charge on any atom is 0.0537 e. The molecule has 0 spiro atoms. The lowest BCUT2D eigenvalue weighted by atomic mass is 9.76. The lowest BCUT2D eigenvalue weighted by Gasteiger charge is -2.33. The topological polar surface area (TPSA) is 29.9 Å². The number of aryl methyl sites for hydroxylation is 1. The van der Waals surface area contributed by atoms with Gasteiger partial charge in [0, 0.05) is 24.3 Å². The third-order valence-corrected chi connectivity index (χ3v) is 4.72. The lowest BCUT2D eigenvalue weighted by Crippen LogP contribution is -2.28. The Labute approximate surface area is 117 Å². The fraction of sp³-hybridized carbons (Fsp3) is 0.812. The van der Waals surface area contributed by atoms with Gasteiger partial charge in [0.15, 0.2) is 0 Å². The Kier molecular flexibility index (Phi) is 5.44. The van der Waals surface area contributed by atoms with Crippen molar-refractivity contribution in [2.24, 2.45) is 11.8 Å². The van der Waals surface area contributed by atoms with E-state index < -0.39 is 0 Å². The molecule has 0 bridgehead atoms. The van der Waals surface area contributed by atoms with Crippen LogP contribution in [0.1, 0.15) is 64.0 Å². The SMILES string of the molecule is CCCn1cc(C(NC)C2CCC(CC)CC2)cn1. The highest BCUT2D eigenvalue weighted by molar-refractivity contribution is 5.12. The summed E-state index contributed by atoms with van der Waals surface area (Å²) in [6.45, 7) is 5.55. The molecule has 1 saturated carbocycles. The molecule has 1 aliphatic rings. The number of hydrogen-bond donors (Lipinski definition) is 1. The van der Waals surface area contributed by atoms with Crippen molar-refractivity contribution >= 4 is 0 Å². The molecule has 108 valence electrons. The summed E-state index contributed by atoms with van der Waals surface area (Å²) in [5.41, 5.74) is 1.37. The van der Waals surface area contributed by atoms with Crippen molar-refractivity contribution in [2.75, 3.05) is 7.05 Å². The molecule has 1 N–H and O–H groups in total. The molecule has 1 heterocycles. The van der Waals surface area contributed by atoms with E-state index in [0.717, 1.165) is 24.8 Å². The fourth-order valence-corrected chi connectivity index (χ4v) is 3.50. The molecule has 3 nitrogen and oxygen atoms in total. The minimum Gasteiger partial charge on any atom is -0.313 e. The molecule has 0 amide bonds. The Bertz CT molecular complexity index is 364. The fourth-order valence-electron chi connectivity index (χ4n) is 3.50. The molecule has 1 aromatic heterocycles. The van der Waals surface area contributed by atoms with Crippen LogP contribution in [0.2, 0.25) is 0 Å². The van der Waals surface area contributed by atoms with E-state index in [1.807, 2.05) is 0 Å². The molecule has 2 rings (SSSR count). The van der Waals surface area contributed by atoms with Crippen LogP contribution in [0.5, 0.6) is 0 Å². The number of nitrogens with one attached hydrogen (secondary N) is 1. The largest absolute Gasteiger partial charge is 0.313 e. The van der Waals surface area contributed by atoms with Crippen molar-refractivity contribution in [1.82, 2.24) is 15.1 Å². The van der Waals surface area contributed by atoms with Crippen LogP contribution in [-0.2, 0) is 6.54 Å². The average molecular weight is 263 g/mol. The van der Waals surface area contributed by atoms with Crippen molar-refractivity contribution < 1.29 is 0 Å². The van der Waals surface area contributed by atoms with Gasteiger partial charge < -0.3 is 5.32 Å². The van der Waals surface area contributed by atoms with Crippen molar-refractivity contribution in [3.05, 3.63) is 18.0 Å². The number of nitrogens with zero attached hydrogens (tertiary/aromatic N) is 2. The zero-order valence-corrected chi connectivity index (χ0v) is 12.7. The number of rotatable bonds is 6. The number of aromatic nitrogens is 2. The first kappa shape index (κ1) is 14.6. The van der Waals surface area contributed by atoms with Gasteiger partial charge in [0.1, 0.15) is 0 Å². The van der Waals surface area contributed by atoms with Crippen LogP contribution in [0, 0.1) is 11.8 Å². The second kappa shape index (κ2) is 7.09. The van der Waals surface area contributed by atoms with Crippen molar-refractivity contribution in [3.63, 3.8) is 0 Å². The van der Waals surface area contributed by atoms with E-state index in [4.69, 9.17) is 0 Å². The van der Waals surface area contributed by atoms with Crippen LogP contribution >= 0.6 is 0 Å².